The molecule has 0 atom stereocenters. The van der Waals surface area contributed by atoms with Crippen molar-refractivity contribution < 1.29 is 0 Å². The van der Waals surface area contributed by atoms with E-state index in [1.165, 1.54) is 44.8 Å². The number of hydrogen-bond acceptors (Lipinski definition) is 4. The number of nitrogens with zero attached hydrogens (tertiary/aromatic N) is 2. The third kappa shape index (κ3) is 4.18. The summed E-state index contributed by atoms with van der Waals surface area (Å²) in [5.74, 6) is 0. The summed E-state index contributed by atoms with van der Waals surface area (Å²) in [6.07, 6.45) is 9.30. The average Bonchev–Trinajstić information content (AvgIpc) is 2.78. The molecule has 4 heteroatoms. The van der Waals surface area contributed by atoms with Crippen LogP contribution in [0.2, 0.25) is 0 Å². The SMILES string of the molecule is c1cncc(Cc2ccc3c(c2)CNc2ccc(Cc4cccnc4)cc2CN3)c1. The first kappa shape index (κ1) is 18.4. The van der Waals surface area contributed by atoms with Crippen molar-refractivity contribution in [3.05, 3.63) is 119 Å². The fourth-order valence-electron chi connectivity index (χ4n) is 4.01. The molecular formula is C26H24N4. The Morgan fingerprint density at radius 1 is 0.600 bits per heavy atom. The third-order valence-corrected chi connectivity index (χ3v) is 5.54. The zero-order valence-electron chi connectivity index (χ0n) is 16.8. The van der Waals surface area contributed by atoms with E-state index in [1.807, 2.05) is 36.9 Å². The quantitative estimate of drug-likeness (QED) is 0.501. The van der Waals surface area contributed by atoms with Gasteiger partial charge >= 0.3 is 0 Å². The van der Waals surface area contributed by atoms with Gasteiger partial charge in [-0.25, -0.2) is 0 Å². The lowest BCUT2D eigenvalue weighted by Crippen LogP contribution is -2.13. The highest BCUT2D eigenvalue weighted by atomic mass is 14.9. The maximum Gasteiger partial charge on any atom is 0.0421 e. The molecule has 0 bridgehead atoms. The second-order valence-electron chi connectivity index (χ2n) is 7.77. The zero-order chi connectivity index (χ0) is 20.2. The monoisotopic (exact) mass is 392 g/mol. The number of fused-ring (bicyclic) bond motifs is 2. The van der Waals surface area contributed by atoms with E-state index in [1.54, 1.807) is 0 Å². The Labute approximate surface area is 177 Å². The molecule has 2 N–H and O–H groups in total. The van der Waals surface area contributed by atoms with Crippen LogP contribution in [-0.4, -0.2) is 9.97 Å². The van der Waals surface area contributed by atoms with Gasteiger partial charge in [0.05, 0.1) is 0 Å². The summed E-state index contributed by atoms with van der Waals surface area (Å²) in [7, 11) is 0. The van der Waals surface area contributed by atoms with Gasteiger partial charge in [-0.2, -0.15) is 0 Å². The van der Waals surface area contributed by atoms with Gasteiger partial charge in [-0.05, 0) is 70.5 Å². The fourth-order valence-corrected chi connectivity index (χ4v) is 4.01. The lowest BCUT2D eigenvalue weighted by atomic mass is 9.99. The smallest absolute Gasteiger partial charge is 0.0421 e. The van der Waals surface area contributed by atoms with Crippen LogP contribution < -0.4 is 10.6 Å². The molecule has 0 saturated heterocycles. The van der Waals surface area contributed by atoms with Crippen molar-refractivity contribution in [2.75, 3.05) is 10.6 Å². The second-order valence-corrected chi connectivity index (χ2v) is 7.77. The Hall–Kier alpha value is -3.66. The molecule has 1 aliphatic rings. The molecule has 1 aliphatic heterocycles. The largest absolute Gasteiger partial charge is 0.381 e. The Morgan fingerprint density at radius 2 is 1.10 bits per heavy atom. The van der Waals surface area contributed by atoms with E-state index >= 15 is 0 Å². The zero-order valence-corrected chi connectivity index (χ0v) is 16.8. The highest BCUT2D eigenvalue weighted by Crippen LogP contribution is 2.27. The Balaban J connectivity index is 1.33. The van der Waals surface area contributed by atoms with Crippen molar-refractivity contribution >= 4 is 11.4 Å². The van der Waals surface area contributed by atoms with Gasteiger partial charge in [-0.15, -0.1) is 0 Å². The van der Waals surface area contributed by atoms with E-state index in [0.717, 1.165) is 25.9 Å². The van der Waals surface area contributed by atoms with Gasteiger partial charge in [0.15, 0.2) is 0 Å². The summed E-state index contributed by atoms with van der Waals surface area (Å²) in [4.78, 5) is 8.45. The van der Waals surface area contributed by atoms with Crippen molar-refractivity contribution in [3.63, 3.8) is 0 Å². The van der Waals surface area contributed by atoms with E-state index in [0.29, 0.717) is 0 Å². The summed E-state index contributed by atoms with van der Waals surface area (Å²) in [5, 5.41) is 7.28. The Kier molecular flexibility index (Phi) is 5.13. The number of pyridine rings is 2. The predicted molar refractivity (Wildman–Crippen MR) is 122 cm³/mol. The standard InChI is InChI=1S/C26H24N4/c1-3-21(15-27-9-1)11-19-5-7-25-23(13-19)17-29-26-8-6-20(14-24(26)18-30-25)12-22-4-2-10-28-16-22/h1-10,13-16,29-30H,11-12,17-18H2. The van der Waals surface area contributed by atoms with Crippen LogP contribution in [0, 0.1) is 0 Å². The van der Waals surface area contributed by atoms with E-state index in [9.17, 15) is 0 Å². The fraction of sp³-hybridized carbons (Fsp3) is 0.154. The maximum absolute atomic E-state index is 4.23. The van der Waals surface area contributed by atoms with Crippen LogP contribution in [0.3, 0.4) is 0 Å². The van der Waals surface area contributed by atoms with E-state index in [-0.39, 0.29) is 0 Å². The van der Waals surface area contributed by atoms with Crippen molar-refractivity contribution in [2.45, 2.75) is 25.9 Å². The molecule has 30 heavy (non-hydrogen) atoms. The van der Waals surface area contributed by atoms with Crippen molar-refractivity contribution in [2.24, 2.45) is 0 Å². The molecule has 0 unspecified atom stereocenters. The van der Waals surface area contributed by atoms with Crippen LogP contribution >= 0.6 is 0 Å². The first-order valence-corrected chi connectivity index (χ1v) is 10.3. The number of rotatable bonds is 4. The van der Waals surface area contributed by atoms with E-state index in [4.69, 9.17) is 0 Å². The summed E-state index contributed by atoms with van der Waals surface area (Å²) in [5.41, 5.74) is 10.0. The lowest BCUT2D eigenvalue weighted by Gasteiger charge is -2.22. The van der Waals surface area contributed by atoms with Crippen LogP contribution in [0.15, 0.2) is 85.5 Å². The molecule has 2 aromatic heterocycles. The lowest BCUT2D eigenvalue weighted by molar-refractivity contribution is 1.03. The van der Waals surface area contributed by atoms with E-state index < -0.39 is 0 Å². The molecule has 0 amide bonds. The normalized spacial score (nSPS) is 12.5. The Morgan fingerprint density at radius 3 is 1.53 bits per heavy atom. The summed E-state index contributed by atoms with van der Waals surface area (Å²) < 4.78 is 0. The number of hydrogen-bond donors (Lipinski definition) is 2. The van der Waals surface area contributed by atoms with Gasteiger partial charge in [0, 0.05) is 49.3 Å². The maximum atomic E-state index is 4.23. The van der Waals surface area contributed by atoms with Gasteiger partial charge in [0.25, 0.3) is 0 Å². The molecule has 4 aromatic rings. The van der Waals surface area contributed by atoms with Crippen LogP contribution in [0.5, 0.6) is 0 Å². The summed E-state index contributed by atoms with van der Waals surface area (Å²) >= 11 is 0. The average molecular weight is 393 g/mol. The second kappa shape index (κ2) is 8.37. The molecular weight excluding hydrogens is 368 g/mol. The van der Waals surface area contributed by atoms with Crippen LogP contribution in [0.25, 0.3) is 0 Å². The predicted octanol–water partition coefficient (Wildman–Crippen LogP) is 5.20. The summed E-state index contributed by atoms with van der Waals surface area (Å²) in [6.45, 7) is 1.61. The topological polar surface area (TPSA) is 49.8 Å². The Bertz CT molecular complexity index is 1050. The molecule has 148 valence electrons. The number of anilines is 2. The van der Waals surface area contributed by atoms with Crippen LogP contribution in [0.4, 0.5) is 11.4 Å². The minimum atomic E-state index is 0.804. The van der Waals surface area contributed by atoms with Gasteiger partial charge < -0.3 is 10.6 Å². The molecule has 0 fully saturated rings. The third-order valence-electron chi connectivity index (χ3n) is 5.54. The van der Waals surface area contributed by atoms with Gasteiger partial charge in [0.1, 0.15) is 0 Å². The molecule has 0 saturated carbocycles. The molecule has 5 rings (SSSR count). The van der Waals surface area contributed by atoms with Gasteiger partial charge in [-0.1, -0.05) is 36.4 Å². The molecule has 4 nitrogen and oxygen atoms in total. The first-order chi connectivity index (χ1) is 14.8. The minimum absolute atomic E-state index is 0.804. The molecule has 2 aromatic carbocycles. The number of benzene rings is 2. The molecule has 0 spiro atoms. The van der Waals surface area contributed by atoms with Crippen molar-refractivity contribution in [1.29, 1.82) is 0 Å². The highest BCUT2D eigenvalue weighted by molar-refractivity contribution is 5.61. The van der Waals surface area contributed by atoms with Gasteiger partial charge in [0.2, 0.25) is 0 Å². The molecule has 3 heterocycles. The molecule has 0 aliphatic carbocycles. The van der Waals surface area contributed by atoms with Crippen molar-refractivity contribution in [3.8, 4) is 0 Å². The molecule has 0 radical (unpaired) electrons. The van der Waals surface area contributed by atoms with Gasteiger partial charge in [-0.3, -0.25) is 9.97 Å². The number of nitrogens with one attached hydrogen (secondary N) is 2. The highest BCUT2D eigenvalue weighted by Gasteiger charge is 2.12. The van der Waals surface area contributed by atoms with Crippen molar-refractivity contribution in [1.82, 2.24) is 9.97 Å². The van der Waals surface area contributed by atoms with Crippen LogP contribution in [0.1, 0.15) is 33.4 Å². The minimum Gasteiger partial charge on any atom is -0.381 e. The number of aromatic nitrogens is 2. The van der Waals surface area contributed by atoms with Crippen LogP contribution in [-0.2, 0) is 25.9 Å². The summed E-state index contributed by atoms with van der Waals surface area (Å²) in [6, 6.07) is 21.6. The van der Waals surface area contributed by atoms with E-state index in [2.05, 4.69) is 69.1 Å². The first-order valence-electron chi connectivity index (χ1n) is 10.3.